The Labute approximate surface area is 342 Å². The average molecular weight is 832 g/mol. The minimum absolute atomic E-state index is 0.0334. The third-order valence-electron chi connectivity index (χ3n) is 12.0. The molecule has 7 atom stereocenters. The lowest BCUT2D eigenvalue weighted by molar-refractivity contribution is -0.142. The van der Waals surface area contributed by atoms with Crippen LogP contribution in [0.3, 0.4) is 0 Å². The van der Waals surface area contributed by atoms with Gasteiger partial charge in [-0.15, -0.1) is 0 Å². The molecule has 17 heteroatoms. The quantitative estimate of drug-likeness (QED) is 0.236. The number of hydrogen-bond donors (Lipinski definition) is 4. The third kappa shape index (κ3) is 8.34. The summed E-state index contributed by atoms with van der Waals surface area (Å²) in [6.07, 6.45) is 4.51. The predicted molar refractivity (Wildman–Crippen MR) is 215 cm³/mol. The Morgan fingerprint density at radius 1 is 1.02 bits per heavy atom. The van der Waals surface area contributed by atoms with E-state index < -0.39 is 74.7 Å². The van der Waals surface area contributed by atoms with Crippen molar-refractivity contribution in [3.8, 4) is 34.4 Å². The normalized spacial score (nSPS) is 28.3. The number of pyridine rings is 1. The molecule has 3 aromatic rings. The zero-order chi connectivity index (χ0) is 41.6. The lowest BCUT2D eigenvalue weighted by Crippen LogP contribution is -2.59. The van der Waals surface area contributed by atoms with E-state index in [4.69, 9.17) is 23.9 Å². The second-order valence-corrected chi connectivity index (χ2v) is 18.4. The highest BCUT2D eigenvalue weighted by atomic mass is 32.2. The van der Waals surface area contributed by atoms with Gasteiger partial charge < -0.3 is 39.6 Å². The first-order valence-electron chi connectivity index (χ1n) is 20.1. The summed E-state index contributed by atoms with van der Waals surface area (Å²) in [6, 6.07) is 10.4. The van der Waals surface area contributed by atoms with Gasteiger partial charge in [-0.2, -0.15) is 0 Å². The molecule has 0 bridgehead atoms. The number of amides is 4. The fourth-order valence-corrected chi connectivity index (χ4v) is 9.92. The van der Waals surface area contributed by atoms with E-state index in [-0.39, 0.29) is 31.2 Å². The summed E-state index contributed by atoms with van der Waals surface area (Å²) >= 11 is 0. The molecule has 3 fully saturated rings. The molecule has 4 amide bonds. The van der Waals surface area contributed by atoms with Crippen LogP contribution >= 0.6 is 0 Å². The first-order chi connectivity index (χ1) is 28.2. The number of nitrogens with one attached hydrogen (secondary N) is 3. The van der Waals surface area contributed by atoms with Gasteiger partial charge in [0.15, 0.2) is 11.5 Å². The lowest BCUT2D eigenvalue weighted by atomic mass is 9.88. The molecular weight excluding hydrogens is 783 g/mol. The smallest absolute Gasteiger partial charge is 0.405 e. The molecule has 2 aromatic carbocycles. The predicted octanol–water partition coefficient (Wildman–Crippen LogP) is 4.16. The van der Waals surface area contributed by atoms with Crippen LogP contribution in [-0.4, -0.2) is 103 Å². The number of nitrogens with zero attached hydrogens (tertiary/aromatic N) is 2. The number of rotatable bonds is 8. The molecule has 1 saturated heterocycles. The Bertz CT molecular complexity index is 2320. The van der Waals surface area contributed by atoms with Crippen LogP contribution in [0.25, 0.3) is 22.0 Å². The Balaban J connectivity index is 1.15. The van der Waals surface area contributed by atoms with Crippen LogP contribution in [0, 0.1) is 17.8 Å². The van der Waals surface area contributed by atoms with Crippen LogP contribution in [0.5, 0.6) is 23.1 Å². The molecule has 2 saturated carbocycles. The highest BCUT2D eigenvalue weighted by Gasteiger charge is 2.62. The number of aromatic nitrogens is 1. The summed E-state index contributed by atoms with van der Waals surface area (Å²) in [6.45, 7) is 4.58. The van der Waals surface area contributed by atoms with Gasteiger partial charge in [-0.25, -0.2) is 18.2 Å². The van der Waals surface area contributed by atoms with Crippen LogP contribution in [0.2, 0.25) is 0 Å². The minimum atomic E-state index is -3.93. The van der Waals surface area contributed by atoms with Crippen molar-refractivity contribution in [3.05, 3.63) is 54.6 Å². The number of benzene rings is 2. The summed E-state index contributed by atoms with van der Waals surface area (Å²) in [5, 5.41) is 15.9. The van der Waals surface area contributed by atoms with Crippen molar-refractivity contribution in [1.29, 1.82) is 0 Å². The molecule has 2 aliphatic carbocycles. The van der Waals surface area contributed by atoms with E-state index in [0.717, 1.165) is 17.4 Å². The second kappa shape index (κ2) is 15.9. The van der Waals surface area contributed by atoms with Gasteiger partial charge in [0.25, 0.3) is 5.91 Å². The Hall–Kier alpha value is -5.58. The molecule has 16 nitrogen and oxygen atoms in total. The maximum absolute atomic E-state index is 14.6. The van der Waals surface area contributed by atoms with E-state index in [9.17, 15) is 32.7 Å². The van der Waals surface area contributed by atoms with Crippen LogP contribution in [-0.2, 0) is 24.4 Å². The van der Waals surface area contributed by atoms with Gasteiger partial charge in [0.2, 0.25) is 27.7 Å². The van der Waals surface area contributed by atoms with E-state index >= 15 is 0 Å². The first-order valence-corrected chi connectivity index (χ1v) is 21.7. The second-order valence-electron chi connectivity index (χ2n) is 16.4. The third-order valence-corrected chi connectivity index (χ3v) is 13.8. The number of ether oxygens (including phenoxy) is 4. The van der Waals surface area contributed by atoms with Gasteiger partial charge in [-0.1, -0.05) is 26.0 Å². The van der Waals surface area contributed by atoms with Crippen molar-refractivity contribution in [1.82, 2.24) is 25.2 Å². The Kier molecular flexibility index (Phi) is 10.8. The zero-order valence-corrected chi connectivity index (χ0v) is 34.0. The molecule has 0 radical (unpaired) electrons. The average Bonchev–Trinajstić information content (AvgIpc) is 4.14. The summed E-state index contributed by atoms with van der Waals surface area (Å²) in [5.41, 5.74) is -0.283. The molecule has 3 aliphatic heterocycles. The molecule has 4 heterocycles. The van der Waals surface area contributed by atoms with Crippen LogP contribution in [0.4, 0.5) is 4.79 Å². The minimum Gasteiger partial charge on any atom is -0.497 e. The van der Waals surface area contributed by atoms with E-state index in [1.54, 1.807) is 13.2 Å². The van der Waals surface area contributed by atoms with Gasteiger partial charge >= 0.3 is 6.09 Å². The summed E-state index contributed by atoms with van der Waals surface area (Å²) in [5.74, 6) is -0.901. The molecule has 0 unspecified atom stereocenters. The topological polar surface area (TPSA) is 212 Å². The number of sulfonamides is 1. The van der Waals surface area contributed by atoms with Crippen LogP contribution in [0.15, 0.2) is 54.6 Å². The molecule has 5 aliphatic rings. The Morgan fingerprint density at radius 2 is 1.80 bits per heavy atom. The van der Waals surface area contributed by atoms with Crippen molar-refractivity contribution >= 4 is 44.6 Å². The van der Waals surface area contributed by atoms with Crippen molar-refractivity contribution in [2.24, 2.45) is 17.8 Å². The molecule has 8 rings (SSSR count). The standard InChI is InChI=1S/C42H49N5O11S/c1-23-6-4-5-7-27-21-42(27,40(50)46-59(53,54)30-10-11-30)45-37(48)33-20-29(22-47(33)39(49)36(24(2)16-23)44-41(51)52)58-38-31-12-9-28(55-3)17-26(31)18-32(43-38)25-8-13-34-35(19-25)57-15-14-56-34/h5,7-9,12-13,17-19,23-24,27,29-30,33,36,44H,4,6,10-11,14-16,20-22H2,1-3H3,(H,45,48)(H,46,50)(H,51,52)/t23-,24-,27-,29-,33+,36+,42-/m1/s1. The fraction of sp³-hybridized carbons (Fsp3) is 0.500. The summed E-state index contributed by atoms with van der Waals surface area (Å²) in [7, 11) is -2.37. The summed E-state index contributed by atoms with van der Waals surface area (Å²) < 4.78 is 51.8. The lowest BCUT2D eigenvalue weighted by Gasteiger charge is -2.32. The molecule has 0 spiro atoms. The van der Waals surface area contributed by atoms with Gasteiger partial charge in [-0.3, -0.25) is 19.1 Å². The molecular formula is C42H49N5O11S. The number of carboxylic acid groups (broad SMARTS) is 1. The zero-order valence-electron chi connectivity index (χ0n) is 33.1. The maximum atomic E-state index is 14.6. The van der Waals surface area contributed by atoms with Gasteiger partial charge in [0.1, 0.15) is 42.7 Å². The van der Waals surface area contributed by atoms with Gasteiger partial charge in [0, 0.05) is 23.3 Å². The number of fused-ring (bicyclic) bond motifs is 4. The number of methoxy groups -OCH3 is 1. The van der Waals surface area contributed by atoms with Gasteiger partial charge in [-0.05, 0) is 98.2 Å². The van der Waals surface area contributed by atoms with Crippen molar-refractivity contribution in [2.45, 2.75) is 87.8 Å². The van der Waals surface area contributed by atoms with Crippen molar-refractivity contribution in [3.63, 3.8) is 0 Å². The van der Waals surface area contributed by atoms with Crippen molar-refractivity contribution in [2.75, 3.05) is 26.9 Å². The maximum Gasteiger partial charge on any atom is 0.405 e. The monoisotopic (exact) mass is 831 g/mol. The van der Waals surface area contributed by atoms with E-state index in [1.807, 2.05) is 62.4 Å². The molecule has 314 valence electrons. The first kappa shape index (κ1) is 40.2. The fourth-order valence-electron chi connectivity index (χ4n) is 8.56. The number of carbonyl (C=O) groups is 4. The van der Waals surface area contributed by atoms with E-state index in [0.29, 0.717) is 67.2 Å². The van der Waals surface area contributed by atoms with Crippen LogP contribution in [0.1, 0.15) is 58.8 Å². The van der Waals surface area contributed by atoms with Crippen LogP contribution < -0.4 is 34.3 Å². The highest BCUT2D eigenvalue weighted by Crippen LogP contribution is 2.46. The molecule has 4 N–H and O–H groups in total. The molecule has 59 heavy (non-hydrogen) atoms. The highest BCUT2D eigenvalue weighted by molar-refractivity contribution is 7.91. The number of hydrogen-bond acceptors (Lipinski definition) is 11. The van der Waals surface area contributed by atoms with Gasteiger partial charge in [0.05, 0.1) is 24.6 Å². The Morgan fingerprint density at radius 3 is 2.54 bits per heavy atom. The molecule has 1 aromatic heterocycles. The SMILES string of the molecule is COc1ccc2c(O[C@@H]3C[C@H]4C(=O)N[C@]5(C(=O)NS(=O)(=O)C6CC6)C[C@H]5C=CCC[C@@H](C)C[C@@H](C)[C@H](NC(=O)O)C(=O)N4C3)nc(-c3ccc4c(c3)OCCO4)cc2c1. The summed E-state index contributed by atoms with van der Waals surface area (Å²) in [4.78, 5) is 61.4. The largest absolute Gasteiger partial charge is 0.497 e. The number of allylic oxidation sites excluding steroid dienone is 1. The van der Waals surface area contributed by atoms with E-state index in [2.05, 4.69) is 15.4 Å². The van der Waals surface area contributed by atoms with E-state index in [1.165, 1.54) is 4.90 Å². The number of carbonyl (C=O) groups excluding carboxylic acids is 3. The van der Waals surface area contributed by atoms with Crippen molar-refractivity contribution < 1.29 is 51.6 Å².